The van der Waals surface area contributed by atoms with Crippen molar-refractivity contribution < 1.29 is 18.9 Å². The Balaban J connectivity index is 2.06. The lowest BCUT2D eigenvalue weighted by Gasteiger charge is -2.10. The monoisotopic (exact) mass is 285 g/mol. The summed E-state index contributed by atoms with van der Waals surface area (Å²) in [4.78, 5) is 8.09. The van der Waals surface area contributed by atoms with Gasteiger partial charge in [-0.3, -0.25) is 0 Å². The van der Waals surface area contributed by atoms with Gasteiger partial charge >= 0.3 is 0 Å². The largest absolute Gasteiger partial charge is 0.466 e. The quantitative estimate of drug-likeness (QED) is 0.795. The first-order chi connectivity index (χ1) is 10.3. The maximum Gasteiger partial charge on any atom is 0.171 e. The number of hydrogen-bond acceptors (Lipinski definition) is 7. The maximum atomic E-state index is 5.83. The molecule has 0 saturated heterocycles. The van der Waals surface area contributed by atoms with Crippen LogP contribution in [0.3, 0.4) is 0 Å². The predicted molar refractivity (Wildman–Crippen MR) is 74.8 cm³/mol. The van der Waals surface area contributed by atoms with E-state index in [2.05, 4.69) is 9.97 Å². The van der Waals surface area contributed by atoms with Gasteiger partial charge in [0.1, 0.15) is 49.7 Å². The molecule has 1 aromatic carbocycles. The Bertz CT molecular complexity index is 740. The van der Waals surface area contributed by atoms with Crippen LogP contribution < -0.4 is 15.2 Å². The molecule has 1 aliphatic rings. The fraction of sp³-hybridized carbons (Fsp3) is 0. The van der Waals surface area contributed by atoms with Crippen molar-refractivity contribution in [1.29, 1.82) is 0 Å². The van der Waals surface area contributed by atoms with Gasteiger partial charge in [-0.25, -0.2) is 9.97 Å². The molecule has 0 fully saturated rings. The second-order valence-corrected chi connectivity index (χ2v) is 3.90. The van der Waals surface area contributed by atoms with E-state index in [1.807, 2.05) is 0 Å². The summed E-state index contributed by atoms with van der Waals surface area (Å²) in [6.45, 7) is 0. The van der Waals surface area contributed by atoms with Crippen molar-refractivity contribution in [3.05, 3.63) is 56.0 Å². The highest BCUT2D eigenvalue weighted by Crippen LogP contribution is 2.33. The van der Waals surface area contributed by atoms with E-state index >= 15 is 0 Å². The first kappa shape index (κ1) is 12.8. The lowest BCUT2D eigenvalue weighted by molar-refractivity contribution is 0.316. The minimum Gasteiger partial charge on any atom is -0.466 e. The molecule has 0 unspecified atom stereocenters. The van der Waals surface area contributed by atoms with Crippen molar-refractivity contribution in [3.8, 4) is 11.5 Å². The lowest BCUT2D eigenvalue weighted by atomic mass is 10.2. The third-order valence-electron chi connectivity index (χ3n) is 2.60. The number of ether oxygens (including phenoxy) is 4. The molecular formula is C14H11N3O4. The fourth-order valence-corrected chi connectivity index (χ4v) is 1.69. The molecule has 0 radical (unpaired) electrons. The van der Waals surface area contributed by atoms with Crippen LogP contribution in [-0.2, 0) is 9.47 Å². The molecule has 2 N–H and O–H groups in total. The SMILES string of the molecule is Nc1ncnc2cc3c(cc12)O/C=C\O/C=C\O/C=C\O3. The van der Waals surface area contributed by atoms with Crippen LogP contribution in [0.1, 0.15) is 0 Å². The number of nitrogens with zero attached hydrogens (tertiary/aromatic N) is 2. The van der Waals surface area contributed by atoms with Crippen LogP contribution in [0.15, 0.2) is 56.0 Å². The van der Waals surface area contributed by atoms with Crippen molar-refractivity contribution in [2.45, 2.75) is 0 Å². The third-order valence-corrected chi connectivity index (χ3v) is 2.60. The second-order valence-electron chi connectivity index (χ2n) is 3.90. The second kappa shape index (κ2) is 5.83. The molecule has 2 heterocycles. The molecule has 1 aromatic heterocycles. The maximum absolute atomic E-state index is 5.83. The zero-order chi connectivity index (χ0) is 14.5. The predicted octanol–water partition coefficient (Wildman–Crippen LogP) is 2.43. The highest BCUT2D eigenvalue weighted by molar-refractivity contribution is 5.90. The van der Waals surface area contributed by atoms with Crippen LogP contribution in [0.25, 0.3) is 10.9 Å². The highest BCUT2D eigenvalue weighted by atomic mass is 16.5. The Morgan fingerprint density at radius 2 is 1.38 bits per heavy atom. The first-order valence-corrected chi connectivity index (χ1v) is 5.98. The normalized spacial score (nSPS) is 18.5. The van der Waals surface area contributed by atoms with Crippen LogP contribution >= 0.6 is 0 Å². The summed E-state index contributed by atoms with van der Waals surface area (Å²) in [6, 6.07) is 3.39. The number of rotatable bonds is 0. The molecule has 0 aliphatic carbocycles. The van der Waals surface area contributed by atoms with Crippen molar-refractivity contribution in [2.75, 3.05) is 5.73 Å². The zero-order valence-electron chi connectivity index (χ0n) is 10.8. The van der Waals surface area contributed by atoms with Crippen LogP contribution in [0.4, 0.5) is 5.82 Å². The van der Waals surface area contributed by atoms with Crippen LogP contribution in [0.2, 0.25) is 0 Å². The molecule has 106 valence electrons. The van der Waals surface area contributed by atoms with E-state index in [-0.39, 0.29) is 0 Å². The molecule has 0 spiro atoms. The molecule has 7 nitrogen and oxygen atoms in total. The molecule has 0 saturated carbocycles. The summed E-state index contributed by atoms with van der Waals surface area (Å²) >= 11 is 0. The Labute approximate surface area is 119 Å². The number of hydrogen-bond donors (Lipinski definition) is 1. The molecule has 1 aliphatic heterocycles. The number of aromatic nitrogens is 2. The molecule has 0 amide bonds. The summed E-state index contributed by atoms with van der Waals surface area (Å²) in [6.07, 6.45) is 9.52. The molecule has 0 atom stereocenters. The lowest BCUT2D eigenvalue weighted by Crippen LogP contribution is -1.96. The molecule has 7 heteroatoms. The highest BCUT2D eigenvalue weighted by Gasteiger charge is 2.10. The van der Waals surface area contributed by atoms with E-state index in [9.17, 15) is 0 Å². The third kappa shape index (κ3) is 2.86. The number of anilines is 1. The van der Waals surface area contributed by atoms with E-state index < -0.39 is 0 Å². The first-order valence-electron chi connectivity index (χ1n) is 5.98. The summed E-state index contributed by atoms with van der Waals surface area (Å²) in [7, 11) is 0. The number of nitrogens with two attached hydrogens (primary N) is 1. The number of fused-ring (bicyclic) bond motifs is 2. The molecule has 21 heavy (non-hydrogen) atoms. The van der Waals surface area contributed by atoms with Gasteiger partial charge in [0, 0.05) is 11.5 Å². The Hall–Kier alpha value is -3.22. The van der Waals surface area contributed by atoms with Crippen molar-refractivity contribution in [1.82, 2.24) is 9.97 Å². The molecular weight excluding hydrogens is 274 g/mol. The fourth-order valence-electron chi connectivity index (χ4n) is 1.69. The summed E-state index contributed by atoms with van der Waals surface area (Å²) in [5.74, 6) is 1.26. The van der Waals surface area contributed by atoms with Gasteiger partial charge in [0.05, 0.1) is 5.52 Å². The summed E-state index contributed by atoms with van der Waals surface area (Å²) in [5.41, 5.74) is 6.47. The van der Waals surface area contributed by atoms with Crippen LogP contribution in [0.5, 0.6) is 11.5 Å². The van der Waals surface area contributed by atoms with Gasteiger partial charge in [-0.1, -0.05) is 0 Å². The van der Waals surface area contributed by atoms with Gasteiger partial charge < -0.3 is 24.7 Å². The Kier molecular flexibility index (Phi) is 3.55. The Morgan fingerprint density at radius 1 is 0.762 bits per heavy atom. The zero-order valence-corrected chi connectivity index (χ0v) is 10.8. The van der Waals surface area contributed by atoms with E-state index in [4.69, 9.17) is 24.7 Å². The van der Waals surface area contributed by atoms with E-state index in [0.717, 1.165) is 0 Å². The van der Waals surface area contributed by atoms with E-state index in [1.165, 1.54) is 43.9 Å². The van der Waals surface area contributed by atoms with Gasteiger partial charge in [0.25, 0.3) is 0 Å². The van der Waals surface area contributed by atoms with Gasteiger partial charge in [-0.15, -0.1) is 0 Å². The van der Waals surface area contributed by atoms with Crippen LogP contribution in [-0.4, -0.2) is 9.97 Å². The van der Waals surface area contributed by atoms with Crippen molar-refractivity contribution >= 4 is 16.7 Å². The molecule has 0 bridgehead atoms. The minimum atomic E-state index is 0.361. The molecule has 2 aromatic rings. The van der Waals surface area contributed by atoms with Crippen molar-refractivity contribution in [2.24, 2.45) is 0 Å². The van der Waals surface area contributed by atoms with Crippen LogP contribution in [0, 0.1) is 0 Å². The summed E-state index contributed by atoms with van der Waals surface area (Å²) in [5, 5.41) is 0.668. The van der Waals surface area contributed by atoms with Gasteiger partial charge in [-0.2, -0.15) is 0 Å². The van der Waals surface area contributed by atoms with Gasteiger partial charge in [0.15, 0.2) is 11.5 Å². The van der Waals surface area contributed by atoms with Crippen molar-refractivity contribution in [3.63, 3.8) is 0 Å². The minimum absolute atomic E-state index is 0.361. The average molecular weight is 285 g/mol. The summed E-state index contributed by atoms with van der Waals surface area (Å²) < 4.78 is 20.9. The Morgan fingerprint density at radius 3 is 2.10 bits per heavy atom. The number of benzene rings is 1. The average Bonchev–Trinajstić information content (AvgIpc) is 2.48. The molecule has 3 rings (SSSR count). The topological polar surface area (TPSA) is 88.7 Å². The van der Waals surface area contributed by atoms with E-state index in [1.54, 1.807) is 12.1 Å². The van der Waals surface area contributed by atoms with E-state index in [0.29, 0.717) is 28.2 Å². The number of nitrogen functional groups attached to an aromatic ring is 1. The van der Waals surface area contributed by atoms with Gasteiger partial charge in [0.2, 0.25) is 0 Å². The van der Waals surface area contributed by atoms with Gasteiger partial charge in [-0.05, 0) is 6.07 Å². The standard InChI is InChI=1S/C14H11N3O4/c15-14-10-7-12-13(8-11(10)16-9-17-14)21-6-4-19-2-1-18-3-5-20-12/h1-9H,(H2,15,16,17)/b2-1-,5-3-,6-4-. The smallest absolute Gasteiger partial charge is 0.171 e.